The maximum absolute atomic E-state index is 6.33. The van der Waals surface area contributed by atoms with Crippen molar-refractivity contribution in [3.8, 4) is 0 Å². The zero-order valence-corrected chi connectivity index (χ0v) is 14.1. The summed E-state index contributed by atoms with van der Waals surface area (Å²) in [6, 6.07) is 11.2. The highest BCUT2D eigenvalue weighted by molar-refractivity contribution is 5.17. The topological polar surface area (TPSA) is 21.3 Å². The van der Waals surface area contributed by atoms with Crippen LogP contribution in [0.3, 0.4) is 0 Å². The minimum atomic E-state index is -0.00510. The highest BCUT2D eigenvalue weighted by Crippen LogP contribution is 2.44. The Kier molecular flexibility index (Phi) is 5.45. The Hall–Kier alpha value is -0.860. The second-order valence-electron chi connectivity index (χ2n) is 7.19. The fraction of sp³-hybridized carbons (Fsp3) is 0.684. The van der Waals surface area contributed by atoms with Gasteiger partial charge in [0.2, 0.25) is 0 Å². The number of ether oxygens (including phenoxy) is 1. The Morgan fingerprint density at radius 2 is 1.71 bits per heavy atom. The molecule has 1 atom stereocenters. The summed E-state index contributed by atoms with van der Waals surface area (Å²) in [7, 11) is 2.08. The van der Waals surface area contributed by atoms with Gasteiger partial charge in [0.1, 0.15) is 0 Å². The first-order valence-electron chi connectivity index (χ1n) is 8.36. The van der Waals surface area contributed by atoms with Crippen molar-refractivity contribution < 1.29 is 4.74 Å². The molecule has 1 aliphatic carbocycles. The van der Waals surface area contributed by atoms with Gasteiger partial charge in [-0.3, -0.25) is 0 Å². The summed E-state index contributed by atoms with van der Waals surface area (Å²) >= 11 is 0. The largest absolute Gasteiger partial charge is 0.374 e. The molecule has 0 saturated heterocycles. The summed E-state index contributed by atoms with van der Waals surface area (Å²) < 4.78 is 6.33. The summed E-state index contributed by atoms with van der Waals surface area (Å²) in [4.78, 5) is 0. The summed E-state index contributed by atoms with van der Waals surface area (Å²) in [6.07, 6.45) is 5.86. The lowest BCUT2D eigenvalue weighted by molar-refractivity contribution is -0.105. The highest BCUT2D eigenvalue weighted by atomic mass is 16.5. The SMILES string of the molecule is CCOC1(C(Cc2ccccc2)NC)CCC(C)(C)CC1. The van der Waals surface area contributed by atoms with Gasteiger partial charge in [0.05, 0.1) is 5.60 Å². The molecule has 1 aromatic carbocycles. The molecule has 0 bridgehead atoms. The molecule has 118 valence electrons. The highest BCUT2D eigenvalue weighted by Gasteiger charge is 2.44. The molecule has 0 aliphatic heterocycles. The summed E-state index contributed by atoms with van der Waals surface area (Å²) in [5.74, 6) is 0. The number of benzene rings is 1. The van der Waals surface area contributed by atoms with Crippen molar-refractivity contribution in [1.82, 2.24) is 5.32 Å². The van der Waals surface area contributed by atoms with Gasteiger partial charge in [0.15, 0.2) is 0 Å². The molecule has 2 nitrogen and oxygen atoms in total. The average Bonchev–Trinajstić information content (AvgIpc) is 2.49. The first kappa shape index (κ1) is 16.5. The number of hydrogen-bond donors (Lipinski definition) is 1. The van der Waals surface area contributed by atoms with Crippen molar-refractivity contribution in [2.24, 2.45) is 5.41 Å². The van der Waals surface area contributed by atoms with Crippen molar-refractivity contribution >= 4 is 0 Å². The van der Waals surface area contributed by atoms with E-state index in [1.54, 1.807) is 0 Å². The van der Waals surface area contributed by atoms with Crippen LogP contribution in [0.15, 0.2) is 30.3 Å². The van der Waals surface area contributed by atoms with Crippen LogP contribution in [-0.4, -0.2) is 25.3 Å². The minimum Gasteiger partial charge on any atom is -0.374 e. The molecule has 0 amide bonds. The van der Waals surface area contributed by atoms with Crippen LogP contribution < -0.4 is 5.32 Å². The van der Waals surface area contributed by atoms with Gasteiger partial charge in [-0.1, -0.05) is 44.2 Å². The molecule has 1 unspecified atom stereocenters. The van der Waals surface area contributed by atoms with Crippen molar-refractivity contribution in [1.29, 1.82) is 0 Å². The molecule has 1 saturated carbocycles. The van der Waals surface area contributed by atoms with Gasteiger partial charge < -0.3 is 10.1 Å². The molecule has 1 aromatic rings. The van der Waals surface area contributed by atoms with Gasteiger partial charge in [0.25, 0.3) is 0 Å². The monoisotopic (exact) mass is 289 g/mol. The predicted octanol–water partition coefficient (Wildman–Crippen LogP) is 4.19. The normalized spacial score (nSPS) is 21.9. The molecule has 2 rings (SSSR count). The van der Waals surface area contributed by atoms with Crippen molar-refractivity contribution in [3.63, 3.8) is 0 Å². The number of rotatable bonds is 6. The zero-order chi connectivity index (χ0) is 15.3. The van der Waals surface area contributed by atoms with Gasteiger partial charge in [0, 0.05) is 12.6 Å². The Bertz CT molecular complexity index is 416. The van der Waals surface area contributed by atoms with E-state index in [9.17, 15) is 0 Å². The standard InChI is InChI=1S/C19H31NO/c1-5-21-19(13-11-18(2,3)12-14-19)17(20-4)15-16-9-7-6-8-10-16/h6-10,17,20H,5,11-15H2,1-4H3. The van der Waals surface area contributed by atoms with Crippen LogP contribution in [0.2, 0.25) is 0 Å². The molecular weight excluding hydrogens is 258 g/mol. The third-order valence-corrected chi connectivity index (χ3v) is 5.15. The molecule has 0 aromatic heterocycles. The Morgan fingerprint density at radius 3 is 2.24 bits per heavy atom. The van der Waals surface area contributed by atoms with Gasteiger partial charge in [-0.15, -0.1) is 0 Å². The fourth-order valence-corrected chi connectivity index (χ4v) is 3.63. The Labute approximate surface area is 130 Å². The molecule has 0 radical (unpaired) electrons. The van der Waals surface area contributed by atoms with E-state index in [4.69, 9.17) is 4.74 Å². The van der Waals surface area contributed by atoms with Crippen LogP contribution in [0.4, 0.5) is 0 Å². The molecule has 2 heteroatoms. The molecule has 1 fully saturated rings. The van der Waals surface area contributed by atoms with Crippen molar-refractivity contribution in [2.75, 3.05) is 13.7 Å². The lowest BCUT2D eigenvalue weighted by atomic mass is 9.67. The van der Waals surface area contributed by atoms with Crippen LogP contribution in [0.5, 0.6) is 0 Å². The predicted molar refractivity (Wildman–Crippen MR) is 89.6 cm³/mol. The molecule has 1 N–H and O–H groups in total. The van der Waals surface area contributed by atoms with E-state index >= 15 is 0 Å². The van der Waals surface area contributed by atoms with Gasteiger partial charge >= 0.3 is 0 Å². The fourth-order valence-electron chi connectivity index (χ4n) is 3.63. The van der Waals surface area contributed by atoms with Crippen LogP contribution >= 0.6 is 0 Å². The van der Waals surface area contributed by atoms with Crippen LogP contribution in [0, 0.1) is 5.41 Å². The van der Waals surface area contributed by atoms with Crippen LogP contribution in [0.1, 0.15) is 52.0 Å². The van der Waals surface area contributed by atoms with E-state index in [1.165, 1.54) is 18.4 Å². The molecular formula is C19H31NO. The first-order valence-corrected chi connectivity index (χ1v) is 8.36. The third kappa shape index (κ3) is 4.08. The van der Waals surface area contributed by atoms with Crippen molar-refractivity contribution in [3.05, 3.63) is 35.9 Å². The van der Waals surface area contributed by atoms with E-state index in [2.05, 4.69) is 63.5 Å². The maximum Gasteiger partial charge on any atom is 0.0838 e. The average molecular weight is 289 g/mol. The zero-order valence-electron chi connectivity index (χ0n) is 14.1. The maximum atomic E-state index is 6.33. The van der Waals surface area contributed by atoms with E-state index < -0.39 is 0 Å². The lowest BCUT2D eigenvalue weighted by Crippen LogP contribution is -2.55. The Morgan fingerprint density at radius 1 is 1.10 bits per heavy atom. The van der Waals surface area contributed by atoms with Gasteiger partial charge in [-0.2, -0.15) is 0 Å². The van der Waals surface area contributed by atoms with E-state index in [1.807, 2.05) is 0 Å². The minimum absolute atomic E-state index is 0.00510. The quantitative estimate of drug-likeness (QED) is 0.847. The number of likely N-dealkylation sites (N-methyl/N-ethyl adjacent to an activating group) is 1. The van der Waals surface area contributed by atoms with Gasteiger partial charge in [-0.25, -0.2) is 0 Å². The molecule has 21 heavy (non-hydrogen) atoms. The second-order valence-corrected chi connectivity index (χ2v) is 7.19. The summed E-state index contributed by atoms with van der Waals surface area (Å²) in [5, 5.41) is 3.55. The Balaban J connectivity index is 2.15. The smallest absolute Gasteiger partial charge is 0.0838 e. The molecule has 0 spiro atoms. The van der Waals surface area contributed by atoms with Crippen LogP contribution in [0.25, 0.3) is 0 Å². The molecule has 0 heterocycles. The lowest BCUT2D eigenvalue weighted by Gasteiger charge is -2.47. The molecule has 1 aliphatic rings. The summed E-state index contributed by atoms with van der Waals surface area (Å²) in [5.41, 5.74) is 1.85. The number of hydrogen-bond acceptors (Lipinski definition) is 2. The van der Waals surface area contributed by atoms with Crippen molar-refractivity contribution in [2.45, 2.75) is 64.5 Å². The number of nitrogens with one attached hydrogen (secondary N) is 1. The summed E-state index contributed by atoms with van der Waals surface area (Å²) in [6.45, 7) is 7.69. The van der Waals surface area contributed by atoms with E-state index in [-0.39, 0.29) is 5.60 Å². The van der Waals surface area contributed by atoms with E-state index in [0.29, 0.717) is 11.5 Å². The third-order valence-electron chi connectivity index (χ3n) is 5.15. The first-order chi connectivity index (χ1) is 10.0. The van der Waals surface area contributed by atoms with Gasteiger partial charge in [-0.05, 0) is 57.1 Å². The van der Waals surface area contributed by atoms with Crippen LogP contribution in [-0.2, 0) is 11.2 Å². The second kappa shape index (κ2) is 6.93. The van der Waals surface area contributed by atoms with E-state index in [0.717, 1.165) is 25.9 Å².